The molecule has 2 saturated heterocycles. The number of aryl methyl sites for hydroxylation is 1. The van der Waals surface area contributed by atoms with E-state index in [1.165, 1.54) is 69.9 Å². The van der Waals surface area contributed by atoms with Crippen molar-refractivity contribution in [2.45, 2.75) is 133 Å². The normalized spacial score (nSPS) is 22.3. The molecule has 2 aliphatic carbocycles. The zero-order valence-electron chi connectivity index (χ0n) is 31.8. The summed E-state index contributed by atoms with van der Waals surface area (Å²) in [6.07, 6.45) is 7.81. The Labute approximate surface area is 325 Å². The maximum atomic E-state index is 13.8. The summed E-state index contributed by atoms with van der Waals surface area (Å²) >= 11 is 0. The Morgan fingerprint density at radius 1 is 0.929 bits per heavy atom. The lowest BCUT2D eigenvalue weighted by molar-refractivity contribution is -0.137. The molecule has 14 heteroatoms. The van der Waals surface area contributed by atoms with Crippen LogP contribution in [0.4, 0.5) is 28.0 Å². The first kappa shape index (κ1) is 41.2. The van der Waals surface area contributed by atoms with Gasteiger partial charge in [-0.25, -0.2) is 14.1 Å². The molecule has 0 bridgehead atoms. The second-order valence-electron chi connectivity index (χ2n) is 15.6. The van der Waals surface area contributed by atoms with Crippen LogP contribution in [0.2, 0.25) is 0 Å². The van der Waals surface area contributed by atoms with E-state index in [4.69, 9.17) is 9.47 Å². The van der Waals surface area contributed by atoms with Gasteiger partial charge in [-0.2, -0.15) is 13.2 Å². The smallest absolute Gasteiger partial charge is 0.427 e. The van der Waals surface area contributed by atoms with Crippen molar-refractivity contribution in [1.82, 2.24) is 15.1 Å². The molecule has 304 valence electrons. The van der Waals surface area contributed by atoms with Crippen molar-refractivity contribution in [2.75, 3.05) is 18.4 Å². The van der Waals surface area contributed by atoms with Crippen molar-refractivity contribution < 1.29 is 46.2 Å². The molecule has 2 aromatic rings. The molecule has 56 heavy (non-hydrogen) atoms. The van der Waals surface area contributed by atoms with Crippen LogP contribution in [-0.4, -0.2) is 65.2 Å². The summed E-state index contributed by atoms with van der Waals surface area (Å²) in [6.45, 7) is 2.97. The van der Waals surface area contributed by atoms with E-state index in [1.807, 2.05) is 0 Å². The molecule has 3 atom stereocenters. The average molecular weight is 785 g/mol. The summed E-state index contributed by atoms with van der Waals surface area (Å²) < 4.78 is 65.8. The number of amides is 4. The standard InChI is InChI=1S/C42H52F4N4O6/c1-28(42(44,45)46)49(26-30-16-18-32(43)19-17-30)38-35(55-38)27-50-39(53)41(56-40(50)54)23-22-31-25-33(20-21-34(31)41)48-37(52)15-10-24-47-36(51)14-9-5-8-13-29-11-6-3-2-4-7-12-29/h16-21,25,29,35,38H,1-15,22-24,26-27H2,(H,47,51)(H,48,52). The molecular formula is C42H52F4N4O6. The average Bonchev–Trinajstić information content (AvgIpc) is 3.76. The fourth-order valence-corrected chi connectivity index (χ4v) is 8.27. The third-order valence-electron chi connectivity index (χ3n) is 11.5. The SMILES string of the molecule is C=C(N(Cc1ccc(F)cc1)C1OC1CN1C(=O)OC2(CCc3cc(NC(=O)CCCNC(=O)CCCCCC4CCCCCCC4)ccc32)C1=O)C(F)(F)F. The number of ether oxygens (including phenoxy) is 2. The Morgan fingerprint density at radius 2 is 1.64 bits per heavy atom. The van der Waals surface area contributed by atoms with Gasteiger partial charge in [0, 0.05) is 43.6 Å². The minimum absolute atomic E-state index is 0.00491. The summed E-state index contributed by atoms with van der Waals surface area (Å²) in [6, 6.07) is 9.98. The van der Waals surface area contributed by atoms with Gasteiger partial charge in [-0.15, -0.1) is 0 Å². The van der Waals surface area contributed by atoms with Crippen LogP contribution >= 0.6 is 0 Å². The molecule has 2 heterocycles. The fraction of sp³-hybridized carbons (Fsp3) is 0.571. The van der Waals surface area contributed by atoms with Crippen molar-refractivity contribution >= 4 is 29.5 Å². The summed E-state index contributed by atoms with van der Waals surface area (Å²) in [4.78, 5) is 53.6. The van der Waals surface area contributed by atoms with E-state index in [2.05, 4.69) is 17.2 Å². The minimum atomic E-state index is -4.78. The fourth-order valence-electron chi connectivity index (χ4n) is 8.27. The number of nitrogens with zero attached hydrogens (tertiary/aromatic N) is 2. The first-order valence-electron chi connectivity index (χ1n) is 20.0. The van der Waals surface area contributed by atoms with E-state index in [0.29, 0.717) is 42.6 Å². The summed E-state index contributed by atoms with van der Waals surface area (Å²) in [5, 5.41) is 5.77. The Morgan fingerprint density at radius 3 is 2.38 bits per heavy atom. The van der Waals surface area contributed by atoms with Crippen molar-refractivity contribution in [3.63, 3.8) is 0 Å². The number of alkyl halides is 3. The number of hydrogen-bond donors (Lipinski definition) is 2. The summed E-state index contributed by atoms with van der Waals surface area (Å²) in [5.41, 5.74) is -0.662. The van der Waals surface area contributed by atoms with Gasteiger partial charge < -0.3 is 25.0 Å². The van der Waals surface area contributed by atoms with E-state index in [1.54, 1.807) is 18.2 Å². The lowest BCUT2D eigenvalue weighted by Crippen LogP contribution is -2.41. The number of halogens is 4. The second-order valence-corrected chi connectivity index (χ2v) is 15.6. The van der Waals surface area contributed by atoms with Crippen molar-refractivity contribution in [3.05, 3.63) is 77.2 Å². The zero-order chi connectivity index (χ0) is 39.9. The van der Waals surface area contributed by atoms with E-state index in [-0.39, 0.29) is 37.7 Å². The quantitative estimate of drug-likeness (QED) is 0.0940. The number of allylic oxidation sites excluding steroid dienone is 1. The Hall–Kier alpha value is -4.46. The van der Waals surface area contributed by atoms with Crippen LogP contribution in [0.1, 0.15) is 113 Å². The van der Waals surface area contributed by atoms with Crippen LogP contribution in [-0.2, 0) is 42.4 Å². The monoisotopic (exact) mass is 784 g/mol. The highest BCUT2D eigenvalue weighted by Gasteiger charge is 2.60. The number of rotatable bonds is 17. The van der Waals surface area contributed by atoms with Gasteiger partial charge in [0.05, 0.1) is 6.54 Å². The van der Waals surface area contributed by atoms with Gasteiger partial charge in [0.25, 0.3) is 5.91 Å². The predicted octanol–water partition coefficient (Wildman–Crippen LogP) is 8.40. The van der Waals surface area contributed by atoms with Gasteiger partial charge in [-0.05, 0) is 60.6 Å². The number of fused-ring (bicyclic) bond motifs is 2. The van der Waals surface area contributed by atoms with Crippen LogP contribution in [0.5, 0.6) is 0 Å². The minimum Gasteiger partial charge on any atom is -0.427 e. The van der Waals surface area contributed by atoms with Crippen LogP contribution in [0.3, 0.4) is 0 Å². The molecule has 3 unspecified atom stereocenters. The highest BCUT2D eigenvalue weighted by Crippen LogP contribution is 2.47. The van der Waals surface area contributed by atoms with Crippen LogP contribution in [0, 0.1) is 11.7 Å². The molecule has 3 fully saturated rings. The molecule has 4 amide bonds. The van der Waals surface area contributed by atoms with E-state index < -0.39 is 47.6 Å². The molecule has 1 spiro atoms. The van der Waals surface area contributed by atoms with Gasteiger partial charge in [0.15, 0.2) is 6.23 Å². The number of carbonyl (C=O) groups excluding carboxylic acids is 4. The van der Waals surface area contributed by atoms with Crippen LogP contribution < -0.4 is 10.6 Å². The maximum absolute atomic E-state index is 13.8. The number of imide groups is 1. The van der Waals surface area contributed by atoms with Gasteiger partial charge in [-0.3, -0.25) is 14.4 Å². The van der Waals surface area contributed by atoms with Crippen LogP contribution in [0.25, 0.3) is 0 Å². The number of unbranched alkanes of at least 4 members (excludes halogenated alkanes) is 2. The maximum Gasteiger partial charge on any atom is 0.430 e. The Bertz CT molecular complexity index is 1750. The molecule has 10 nitrogen and oxygen atoms in total. The first-order valence-corrected chi connectivity index (χ1v) is 20.0. The van der Waals surface area contributed by atoms with Gasteiger partial charge in [0.2, 0.25) is 17.4 Å². The van der Waals surface area contributed by atoms with Gasteiger partial charge >= 0.3 is 12.3 Å². The van der Waals surface area contributed by atoms with Gasteiger partial charge in [-0.1, -0.05) is 89.0 Å². The molecular weight excluding hydrogens is 732 g/mol. The molecule has 2 aromatic carbocycles. The summed E-state index contributed by atoms with van der Waals surface area (Å²) in [7, 11) is 0. The molecule has 2 aliphatic heterocycles. The van der Waals surface area contributed by atoms with E-state index >= 15 is 0 Å². The third-order valence-corrected chi connectivity index (χ3v) is 11.5. The molecule has 6 rings (SSSR count). The Kier molecular flexibility index (Phi) is 13.4. The lowest BCUT2D eigenvalue weighted by atomic mass is 9.87. The number of carbonyl (C=O) groups is 4. The Balaban J connectivity index is 0.933. The first-order chi connectivity index (χ1) is 26.8. The van der Waals surface area contributed by atoms with E-state index in [0.717, 1.165) is 46.3 Å². The predicted molar refractivity (Wildman–Crippen MR) is 200 cm³/mol. The van der Waals surface area contributed by atoms with Crippen molar-refractivity contribution in [1.29, 1.82) is 0 Å². The van der Waals surface area contributed by atoms with E-state index in [9.17, 15) is 36.7 Å². The number of epoxide rings is 1. The lowest BCUT2D eigenvalue weighted by Gasteiger charge is -2.27. The third kappa shape index (κ3) is 10.3. The number of benzene rings is 2. The highest BCUT2D eigenvalue weighted by atomic mass is 19.4. The molecule has 4 aliphatic rings. The van der Waals surface area contributed by atoms with Crippen molar-refractivity contribution in [2.24, 2.45) is 5.92 Å². The molecule has 0 aromatic heterocycles. The number of nitrogens with one attached hydrogen (secondary N) is 2. The highest BCUT2D eigenvalue weighted by molar-refractivity contribution is 6.04. The molecule has 1 saturated carbocycles. The molecule has 0 radical (unpaired) electrons. The summed E-state index contributed by atoms with van der Waals surface area (Å²) in [5.74, 6) is -0.554. The van der Waals surface area contributed by atoms with Gasteiger partial charge in [0.1, 0.15) is 17.6 Å². The largest absolute Gasteiger partial charge is 0.430 e. The van der Waals surface area contributed by atoms with Crippen molar-refractivity contribution in [3.8, 4) is 0 Å². The number of hydrogen-bond acceptors (Lipinski definition) is 7. The topological polar surface area (TPSA) is 121 Å². The molecule has 2 N–H and O–H groups in total. The second kappa shape index (κ2) is 18.2. The number of anilines is 1. The van der Waals surface area contributed by atoms with Crippen LogP contribution in [0.15, 0.2) is 54.7 Å². The zero-order valence-corrected chi connectivity index (χ0v) is 31.8.